The second-order valence-corrected chi connectivity index (χ2v) is 6.82. The van der Waals surface area contributed by atoms with Crippen LogP contribution in [-0.2, 0) is 17.8 Å². The first-order valence-electron chi connectivity index (χ1n) is 10.0. The molecule has 0 atom stereocenters. The molecule has 0 radical (unpaired) electrons. The van der Waals surface area contributed by atoms with Crippen molar-refractivity contribution in [1.82, 2.24) is 5.43 Å². The van der Waals surface area contributed by atoms with Gasteiger partial charge in [0.1, 0.15) is 18.1 Å². The molecule has 0 saturated heterocycles. The summed E-state index contributed by atoms with van der Waals surface area (Å²) in [5.41, 5.74) is 5.70. The molecule has 0 heterocycles. The number of amides is 1. The van der Waals surface area contributed by atoms with Crippen molar-refractivity contribution in [3.8, 4) is 11.5 Å². The maximum Gasteiger partial charge on any atom is 0.277 e. The number of nitrogens with one attached hydrogen (secondary N) is 1. The van der Waals surface area contributed by atoms with E-state index in [2.05, 4.69) is 17.5 Å². The fourth-order valence-corrected chi connectivity index (χ4v) is 2.79. The molecule has 0 bridgehead atoms. The number of aryl methyl sites for hydroxylation is 1. The Labute approximate surface area is 177 Å². The molecule has 0 unspecified atom stereocenters. The number of hydrogen-bond acceptors (Lipinski definition) is 4. The highest BCUT2D eigenvalue weighted by Crippen LogP contribution is 2.14. The van der Waals surface area contributed by atoms with Gasteiger partial charge >= 0.3 is 0 Å². The third kappa shape index (κ3) is 7.09. The summed E-state index contributed by atoms with van der Waals surface area (Å²) < 4.78 is 11.2. The zero-order valence-electron chi connectivity index (χ0n) is 17.1. The van der Waals surface area contributed by atoms with Crippen molar-refractivity contribution in [2.24, 2.45) is 5.10 Å². The van der Waals surface area contributed by atoms with Crippen LogP contribution < -0.4 is 14.9 Å². The second kappa shape index (κ2) is 11.4. The summed E-state index contributed by atoms with van der Waals surface area (Å²) in [4.78, 5) is 11.9. The van der Waals surface area contributed by atoms with Gasteiger partial charge in [-0.2, -0.15) is 5.10 Å². The molecule has 30 heavy (non-hydrogen) atoms. The van der Waals surface area contributed by atoms with Crippen LogP contribution >= 0.6 is 0 Å². The number of rotatable bonds is 10. The predicted molar refractivity (Wildman–Crippen MR) is 119 cm³/mol. The van der Waals surface area contributed by atoms with Crippen molar-refractivity contribution in [1.29, 1.82) is 0 Å². The molecule has 0 aromatic heterocycles. The molecule has 3 rings (SSSR count). The average Bonchev–Trinajstić information content (AvgIpc) is 2.79. The minimum Gasteiger partial charge on any atom is -0.489 e. The smallest absolute Gasteiger partial charge is 0.277 e. The molecular formula is C25H26N2O3. The number of nitrogens with zero attached hydrogens (tertiary/aromatic N) is 1. The lowest BCUT2D eigenvalue weighted by molar-refractivity contribution is -0.123. The summed E-state index contributed by atoms with van der Waals surface area (Å²) in [5.74, 6) is 1.13. The van der Waals surface area contributed by atoms with Crippen LogP contribution in [0.2, 0.25) is 0 Å². The molecule has 0 aliphatic rings. The molecule has 0 fully saturated rings. The molecule has 3 aromatic rings. The quantitative estimate of drug-likeness (QED) is 0.393. The van der Waals surface area contributed by atoms with Gasteiger partial charge in [0.05, 0.1) is 6.21 Å². The summed E-state index contributed by atoms with van der Waals surface area (Å²) in [5, 5.41) is 3.97. The van der Waals surface area contributed by atoms with Crippen LogP contribution in [0.3, 0.4) is 0 Å². The lowest BCUT2D eigenvalue weighted by Gasteiger charge is -2.06. The fraction of sp³-hybridized carbons (Fsp3) is 0.200. The standard InChI is InChI=1S/C25H26N2O3/c1-2-6-20-9-13-24(14-10-20)30-19-25(28)27-26-17-21-11-15-23(16-12-21)29-18-22-7-4-3-5-8-22/h3-5,7-17H,2,6,18-19H2,1H3,(H,27,28)/b26-17-. The molecule has 0 saturated carbocycles. The van der Waals surface area contributed by atoms with Gasteiger partial charge in [-0.25, -0.2) is 5.43 Å². The summed E-state index contributed by atoms with van der Waals surface area (Å²) in [6, 6.07) is 25.3. The van der Waals surface area contributed by atoms with Crippen molar-refractivity contribution in [3.05, 3.63) is 95.6 Å². The van der Waals surface area contributed by atoms with Crippen LogP contribution in [0.1, 0.15) is 30.0 Å². The molecule has 1 amide bonds. The zero-order valence-corrected chi connectivity index (χ0v) is 17.1. The Kier molecular flexibility index (Phi) is 8.03. The van der Waals surface area contributed by atoms with Crippen LogP contribution in [0.25, 0.3) is 0 Å². The maximum atomic E-state index is 11.9. The molecule has 0 spiro atoms. The van der Waals surface area contributed by atoms with Gasteiger partial charge < -0.3 is 9.47 Å². The maximum absolute atomic E-state index is 11.9. The van der Waals surface area contributed by atoms with E-state index in [-0.39, 0.29) is 12.5 Å². The molecule has 1 N–H and O–H groups in total. The third-order valence-electron chi connectivity index (χ3n) is 4.36. The van der Waals surface area contributed by atoms with Gasteiger partial charge in [-0.1, -0.05) is 55.8 Å². The molecule has 154 valence electrons. The SMILES string of the molecule is CCCc1ccc(OCC(=O)N/N=C\c2ccc(OCc3ccccc3)cc2)cc1. The van der Waals surface area contributed by atoms with Crippen LogP contribution in [-0.4, -0.2) is 18.7 Å². The normalized spacial score (nSPS) is 10.7. The number of benzene rings is 3. The molecule has 0 aliphatic heterocycles. The van der Waals surface area contributed by atoms with Crippen molar-refractivity contribution >= 4 is 12.1 Å². The molecule has 5 nitrogen and oxygen atoms in total. The highest BCUT2D eigenvalue weighted by Gasteiger charge is 2.02. The number of carbonyl (C=O) groups is 1. The van der Waals surface area contributed by atoms with Gasteiger partial charge in [-0.15, -0.1) is 0 Å². The summed E-state index contributed by atoms with van der Waals surface area (Å²) >= 11 is 0. The molecule has 0 aliphatic carbocycles. The Hall–Kier alpha value is -3.60. The highest BCUT2D eigenvalue weighted by molar-refractivity contribution is 5.83. The first-order valence-corrected chi connectivity index (χ1v) is 10.0. The second-order valence-electron chi connectivity index (χ2n) is 6.82. The Morgan fingerprint density at radius 3 is 2.23 bits per heavy atom. The average molecular weight is 402 g/mol. The van der Waals surface area contributed by atoms with E-state index in [1.165, 1.54) is 5.56 Å². The van der Waals surface area contributed by atoms with Gasteiger partial charge in [0.2, 0.25) is 0 Å². The van der Waals surface area contributed by atoms with E-state index in [1.807, 2.05) is 78.9 Å². The Morgan fingerprint density at radius 2 is 1.53 bits per heavy atom. The van der Waals surface area contributed by atoms with Crippen molar-refractivity contribution in [2.75, 3.05) is 6.61 Å². The van der Waals surface area contributed by atoms with Crippen molar-refractivity contribution in [3.63, 3.8) is 0 Å². The monoisotopic (exact) mass is 402 g/mol. The van der Waals surface area contributed by atoms with Gasteiger partial charge in [0.25, 0.3) is 5.91 Å². The number of hydrogen-bond donors (Lipinski definition) is 1. The van der Waals surface area contributed by atoms with Gasteiger partial charge in [0.15, 0.2) is 6.61 Å². The number of carbonyl (C=O) groups excluding carboxylic acids is 1. The van der Waals surface area contributed by atoms with Crippen LogP contribution in [0, 0.1) is 0 Å². The zero-order chi connectivity index (χ0) is 21.0. The first kappa shape index (κ1) is 21.1. The van der Waals surface area contributed by atoms with Crippen LogP contribution in [0.15, 0.2) is 84.0 Å². The number of hydrazone groups is 1. The summed E-state index contributed by atoms with van der Waals surface area (Å²) in [6.45, 7) is 2.58. The van der Waals surface area contributed by atoms with Crippen LogP contribution in [0.4, 0.5) is 0 Å². The molecule has 3 aromatic carbocycles. The van der Waals surface area contributed by atoms with E-state index < -0.39 is 0 Å². The van der Waals surface area contributed by atoms with Gasteiger partial charge in [-0.3, -0.25) is 4.79 Å². The van der Waals surface area contributed by atoms with Crippen molar-refractivity contribution in [2.45, 2.75) is 26.4 Å². The lowest BCUT2D eigenvalue weighted by atomic mass is 10.1. The van der Waals surface area contributed by atoms with Crippen LogP contribution in [0.5, 0.6) is 11.5 Å². The lowest BCUT2D eigenvalue weighted by Crippen LogP contribution is -2.24. The first-order chi connectivity index (χ1) is 14.7. The van der Waals surface area contributed by atoms with E-state index in [0.717, 1.165) is 29.7 Å². The van der Waals surface area contributed by atoms with E-state index >= 15 is 0 Å². The fourth-order valence-electron chi connectivity index (χ4n) is 2.79. The summed E-state index contributed by atoms with van der Waals surface area (Å²) in [6.07, 6.45) is 3.72. The molecule has 5 heteroatoms. The van der Waals surface area contributed by atoms with E-state index in [9.17, 15) is 4.79 Å². The van der Waals surface area contributed by atoms with Gasteiger partial charge in [-0.05, 0) is 59.5 Å². The van der Waals surface area contributed by atoms with E-state index in [1.54, 1.807) is 6.21 Å². The van der Waals surface area contributed by atoms with E-state index in [4.69, 9.17) is 9.47 Å². The largest absolute Gasteiger partial charge is 0.489 e. The number of ether oxygens (including phenoxy) is 2. The Bertz CT molecular complexity index is 936. The predicted octanol–water partition coefficient (Wildman–Crippen LogP) is 4.75. The Balaban J connectivity index is 1.39. The van der Waals surface area contributed by atoms with Gasteiger partial charge in [0, 0.05) is 0 Å². The van der Waals surface area contributed by atoms with E-state index in [0.29, 0.717) is 12.4 Å². The minimum absolute atomic E-state index is 0.0866. The Morgan fingerprint density at radius 1 is 0.867 bits per heavy atom. The summed E-state index contributed by atoms with van der Waals surface area (Å²) in [7, 11) is 0. The topological polar surface area (TPSA) is 59.9 Å². The third-order valence-corrected chi connectivity index (χ3v) is 4.36. The minimum atomic E-state index is -0.313. The molecular weight excluding hydrogens is 376 g/mol. The highest BCUT2D eigenvalue weighted by atomic mass is 16.5. The van der Waals surface area contributed by atoms with Crippen molar-refractivity contribution < 1.29 is 14.3 Å².